The fraction of sp³-hybridized carbons (Fsp3) is 0.304. The van der Waals surface area contributed by atoms with E-state index in [1.54, 1.807) is 13.8 Å². The third kappa shape index (κ3) is 3.87. The van der Waals surface area contributed by atoms with E-state index < -0.39 is 17.6 Å². The van der Waals surface area contributed by atoms with Crippen molar-refractivity contribution in [3.63, 3.8) is 0 Å². The zero-order valence-corrected chi connectivity index (χ0v) is 19.6. The molecule has 2 aliphatic heterocycles. The van der Waals surface area contributed by atoms with Crippen LogP contribution in [-0.2, 0) is 15.1 Å². The molecular weight excluding hydrogens is 455 g/mol. The highest BCUT2D eigenvalue weighted by atomic mass is 35.5. The first-order chi connectivity index (χ1) is 14.8. The Kier molecular flexibility index (Phi) is 6.10. The largest absolute Gasteiger partial charge is 0.462 e. The highest BCUT2D eigenvalue weighted by molar-refractivity contribution is 8.18. The number of hydrogen-bond acceptors (Lipinski definition) is 6. The molecule has 4 rings (SSSR count). The Hall–Kier alpha value is -1.99. The van der Waals surface area contributed by atoms with Crippen LogP contribution in [0, 0.1) is 0 Å². The topological polar surface area (TPSA) is 62.1 Å². The lowest BCUT2D eigenvalue weighted by Crippen LogP contribution is -2.37. The van der Waals surface area contributed by atoms with E-state index in [4.69, 9.17) is 32.9 Å². The molecule has 0 saturated heterocycles. The summed E-state index contributed by atoms with van der Waals surface area (Å²) in [6.45, 7) is 5.71. The van der Waals surface area contributed by atoms with Gasteiger partial charge in [0.2, 0.25) is 0 Å². The SMILES string of the molecule is CCOC(=O)C1=C(C(C)O)N2C(=N[C@@](C)(c3ccc(Cl)cc3)[C@H]2c2ccc(Cl)cc2)S1. The molecule has 0 bridgehead atoms. The van der Waals surface area contributed by atoms with Crippen molar-refractivity contribution in [1.29, 1.82) is 0 Å². The van der Waals surface area contributed by atoms with Crippen LogP contribution in [0.4, 0.5) is 0 Å². The average molecular weight is 477 g/mol. The minimum absolute atomic E-state index is 0.256. The molecule has 0 aromatic heterocycles. The molecule has 31 heavy (non-hydrogen) atoms. The predicted molar refractivity (Wildman–Crippen MR) is 125 cm³/mol. The van der Waals surface area contributed by atoms with Crippen LogP contribution in [0.25, 0.3) is 0 Å². The van der Waals surface area contributed by atoms with Gasteiger partial charge in [0.1, 0.15) is 10.4 Å². The van der Waals surface area contributed by atoms with Crippen LogP contribution in [0.5, 0.6) is 0 Å². The number of rotatable bonds is 5. The van der Waals surface area contributed by atoms with Gasteiger partial charge in [-0.15, -0.1) is 0 Å². The van der Waals surface area contributed by atoms with Crippen molar-refractivity contribution >= 4 is 46.1 Å². The summed E-state index contributed by atoms with van der Waals surface area (Å²) in [6.07, 6.45) is -0.887. The fourth-order valence-electron chi connectivity index (χ4n) is 4.10. The van der Waals surface area contributed by atoms with Gasteiger partial charge in [-0.3, -0.25) is 0 Å². The molecule has 5 nitrogen and oxygen atoms in total. The molecule has 2 aromatic carbocycles. The molecule has 0 fully saturated rings. The quantitative estimate of drug-likeness (QED) is 0.575. The van der Waals surface area contributed by atoms with Crippen molar-refractivity contribution < 1.29 is 14.6 Å². The molecule has 1 unspecified atom stereocenters. The molecule has 3 atom stereocenters. The Labute approximate surface area is 195 Å². The Balaban J connectivity index is 1.89. The molecule has 2 aliphatic rings. The lowest BCUT2D eigenvalue weighted by Gasteiger charge is -2.36. The van der Waals surface area contributed by atoms with Gasteiger partial charge in [0.25, 0.3) is 0 Å². The van der Waals surface area contributed by atoms with Crippen LogP contribution in [0.2, 0.25) is 10.0 Å². The molecule has 0 amide bonds. The second-order valence-corrected chi connectivity index (χ2v) is 9.44. The number of aliphatic hydroxyl groups excluding tert-OH is 1. The lowest BCUT2D eigenvalue weighted by molar-refractivity contribution is -0.137. The molecule has 162 valence electrons. The number of carbonyl (C=O) groups is 1. The summed E-state index contributed by atoms with van der Waals surface area (Å²) >= 11 is 13.5. The van der Waals surface area contributed by atoms with E-state index in [2.05, 4.69) is 0 Å². The highest BCUT2D eigenvalue weighted by Gasteiger charge is 2.53. The van der Waals surface area contributed by atoms with Gasteiger partial charge < -0.3 is 14.7 Å². The van der Waals surface area contributed by atoms with E-state index in [1.807, 2.05) is 60.4 Å². The summed E-state index contributed by atoms with van der Waals surface area (Å²) in [5.41, 5.74) is 1.76. The normalized spacial score (nSPS) is 23.6. The third-order valence-electron chi connectivity index (χ3n) is 5.48. The number of hydrogen-bond donors (Lipinski definition) is 1. The Bertz CT molecular complexity index is 1070. The number of nitrogens with zero attached hydrogens (tertiary/aromatic N) is 2. The first kappa shape index (κ1) is 22.2. The maximum absolute atomic E-state index is 12.6. The number of aliphatic imine (C=N–C) groups is 1. The predicted octanol–water partition coefficient (Wildman–Crippen LogP) is 5.52. The van der Waals surface area contributed by atoms with Crippen LogP contribution in [0.3, 0.4) is 0 Å². The first-order valence-corrected chi connectivity index (χ1v) is 11.5. The maximum atomic E-state index is 12.6. The summed E-state index contributed by atoms with van der Waals surface area (Å²) in [5, 5.41) is 12.6. The number of halogens is 2. The zero-order chi connectivity index (χ0) is 22.3. The third-order valence-corrected chi connectivity index (χ3v) is 7.04. The summed E-state index contributed by atoms with van der Waals surface area (Å²) in [5.74, 6) is -0.455. The van der Waals surface area contributed by atoms with Crippen molar-refractivity contribution in [1.82, 2.24) is 4.90 Å². The van der Waals surface area contributed by atoms with E-state index in [-0.39, 0.29) is 12.6 Å². The first-order valence-electron chi connectivity index (χ1n) is 9.94. The highest BCUT2D eigenvalue weighted by Crippen LogP contribution is 2.55. The van der Waals surface area contributed by atoms with Gasteiger partial charge >= 0.3 is 5.97 Å². The monoisotopic (exact) mass is 476 g/mol. The molecule has 2 heterocycles. The number of amidine groups is 1. The second-order valence-electron chi connectivity index (χ2n) is 7.59. The molecular formula is C23H22Cl2N2O3S. The van der Waals surface area contributed by atoms with E-state index >= 15 is 0 Å². The summed E-state index contributed by atoms with van der Waals surface area (Å²) in [4.78, 5) is 20.0. The smallest absolute Gasteiger partial charge is 0.346 e. The minimum atomic E-state index is -0.887. The number of ether oxygens (including phenoxy) is 1. The zero-order valence-electron chi connectivity index (χ0n) is 17.3. The number of fused-ring (bicyclic) bond motifs is 1. The van der Waals surface area contributed by atoms with Crippen molar-refractivity contribution in [2.75, 3.05) is 6.61 Å². The van der Waals surface area contributed by atoms with Gasteiger partial charge in [-0.05, 0) is 67.9 Å². The Morgan fingerprint density at radius 2 is 1.77 bits per heavy atom. The van der Waals surface area contributed by atoms with E-state index in [9.17, 15) is 9.90 Å². The molecule has 0 spiro atoms. The molecule has 0 aliphatic carbocycles. The maximum Gasteiger partial charge on any atom is 0.346 e. The Morgan fingerprint density at radius 3 is 2.32 bits per heavy atom. The average Bonchev–Trinajstić information content (AvgIpc) is 3.22. The summed E-state index contributed by atoms with van der Waals surface area (Å²) in [6, 6.07) is 14.9. The van der Waals surface area contributed by atoms with Crippen molar-refractivity contribution in [2.24, 2.45) is 4.99 Å². The number of carbonyl (C=O) groups excluding carboxylic acids is 1. The van der Waals surface area contributed by atoms with E-state index in [1.165, 1.54) is 11.8 Å². The van der Waals surface area contributed by atoms with Gasteiger partial charge in [0.15, 0.2) is 5.17 Å². The number of esters is 1. The van der Waals surface area contributed by atoms with Crippen molar-refractivity contribution in [3.8, 4) is 0 Å². The van der Waals surface area contributed by atoms with Crippen molar-refractivity contribution in [2.45, 2.75) is 38.5 Å². The molecule has 8 heteroatoms. The van der Waals surface area contributed by atoms with Crippen LogP contribution in [0.1, 0.15) is 37.9 Å². The van der Waals surface area contributed by atoms with E-state index in [0.29, 0.717) is 25.8 Å². The van der Waals surface area contributed by atoms with Crippen molar-refractivity contribution in [3.05, 3.63) is 80.3 Å². The molecule has 0 radical (unpaired) electrons. The molecule has 1 N–H and O–H groups in total. The molecule has 2 aromatic rings. The number of aliphatic hydroxyl groups is 1. The molecule has 0 saturated carbocycles. The van der Waals surface area contributed by atoms with Gasteiger partial charge in [-0.25, -0.2) is 9.79 Å². The number of benzene rings is 2. The number of thioether (sulfide) groups is 1. The Morgan fingerprint density at radius 1 is 1.19 bits per heavy atom. The van der Waals surface area contributed by atoms with Gasteiger partial charge in [-0.2, -0.15) is 0 Å². The van der Waals surface area contributed by atoms with Crippen LogP contribution >= 0.6 is 35.0 Å². The van der Waals surface area contributed by atoms with Crippen LogP contribution < -0.4 is 0 Å². The van der Waals surface area contributed by atoms with Gasteiger partial charge in [0.05, 0.1) is 24.4 Å². The fourth-order valence-corrected chi connectivity index (χ4v) is 5.59. The standard InChI is InChI=1S/C23H22Cl2N2O3S/c1-4-30-21(29)19-18(13(2)28)27-20(14-5-9-16(24)10-6-14)23(3,26-22(27)31-19)15-7-11-17(25)12-8-15/h5-13,20,28H,4H2,1-3H3/t13?,20-,23+/m1/s1. The van der Waals surface area contributed by atoms with Gasteiger partial charge in [0, 0.05) is 10.0 Å². The lowest BCUT2D eigenvalue weighted by atomic mass is 9.81. The van der Waals surface area contributed by atoms with Crippen LogP contribution in [-0.4, -0.2) is 33.9 Å². The van der Waals surface area contributed by atoms with E-state index in [0.717, 1.165) is 11.1 Å². The minimum Gasteiger partial charge on any atom is -0.462 e. The van der Waals surface area contributed by atoms with Gasteiger partial charge in [-0.1, -0.05) is 47.5 Å². The summed E-state index contributed by atoms with van der Waals surface area (Å²) in [7, 11) is 0. The second kappa shape index (κ2) is 8.51. The van der Waals surface area contributed by atoms with Crippen LogP contribution in [0.15, 0.2) is 64.1 Å². The summed E-state index contributed by atoms with van der Waals surface area (Å²) < 4.78 is 5.24.